The van der Waals surface area contributed by atoms with Gasteiger partial charge >= 0.3 is 16.8 Å². The van der Waals surface area contributed by atoms with Gasteiger partial charge in [-0.3, -0.25) is 0 Å². The first-order valence-corrected chi connectivity index (χ1v) is 6.82. The van der Waals surface area contributed by atoms with Gasteiger partial charge in [0.1, 0.15) is 0 Å². The standard InChI is InChI=1S/C14H15P.2ClH.Co/c1-2-15(13-9-5-3-6-10-13)14-11-7-4-8-12-14;;;/h3-12H,2H2,1H3;2*1H;/q;;;+2/p-2. The van der Waals surface area contributed by atoms with E-state index in [9.17, 15) is 0 Å². The molecule has 0 aliphatic carbocycles. The summed E-state index contributed by atoms with van der Waals surface area (Å²) in [6, 6.07) is 21.6. The van der Waals surface area contributed by atoms with Gasteiger partial charge in [-0.1, -0.05) is 67.6 Å². The molecule has 18 heavy (non-hydrogen) atoms. The van der Waals surface area contributed by atoms with Gasteiger partial charge in [0.15, 0.2) is 0 Å². The van der Waals surface area contributed by atoms with Crippen LogP contribution in [0.4, 0.5) is 0 Å². The van der Waals surface area contributed by atoms with Gasteiger partial charge in [0, 0.05) is 0 Å². The second-order valence-corrected chi connectivity index (χ2v) is 5.94. The molecule has 99 valence electrons. The average molecular weight is 344 g/mol. The summed E-state index contributed by atoms with van der Waals surface area (Å²) < 4.78 is 0. The van der Waals surface area contributed by atoms with Crippen molar-refractivity contribution in [2.75, 3.05) is 6.16 Å². The van der Waals surface area contributed by atoms with Gasteiger partial charge in [-0.25, -0.2) is 0 Å². The topological polar surface area (TPSA) is 0 Å². The van der Waals surface area contributed by atoms with Crippen LogP contribution in [-0.2, 0) is 16.8 Å². The zero-order valence-electron chi connectivity index (χ0n) is 10.0. The third-order valence-electron chi connectivity index (χ3n) is 2.45. The zero-order chi connectivity index (χ0) is 10.5. The Labute approximate surface area is 133 Å². The first-order valence-electron chi connectivity index (χ1n) is 5.29. The summed E-state index contributed by atoms with van der Waals surface area (Å²) in [5.74, 6) is 0. The second kappa shape index (κ2) is 10.8. The molecular weight excluding hydrogens is 329 g/mol. The maximum Gasteiger partial charge on any atom is 2.00 e. The predicted molar refractivity (Wildman–Crippen MR) is 69.6 cm³/mol. The van der Waals surface area contributed by atoms with E-state index in [-0.39, 0.29) is 49.5 Å². The van der Waals surface area contributed by atoms with Crippen LogP contribution >= 0.6 is 7.92 Å². The predicted octanol–water partition coefficient (Wildman–Crippen LogP) is -2.86. The molecule has 0 aromatic heterocycles. The second-order valence-electron chi connectivity index (χ2n) is 3.42. The Hall–Kier alpha value is -0.0435. The minimum absolute atomic E-state index is 0. The van der Waals surface area contributed by atoms with Crippen molar-refractivity contribution in [2.45, 2.75) is 6.92 Å². The SMILES string of the molecule is CCP(c1ccccc1)c1ccccc1.[Cl-].[Cl-].[Co+2]. The smallest absolute Gasteiger partial charge is 1.00 e. The number of rotatable bonds is 3. The molecule has 2 aromatic carbocycles. The molecule has 2 aromatic rings. The van der Waals surface area contributed by atoms with E-state index in [1.54, 1.807) is 0 Å². The van der Waals surface area contributed by atoms with E-state index in [4.69, 9.17) is 0 Å². The van der Waals surface area contributed by atoms with E-state index in [2.05, 4.69) is 67.6 Å². The summed E-state index contributed by atoms with van der Waals surface area (Å²) in [6.45, 7) is 2.27. The van der Waals surface area contributed by atoms with Crippen molar-refractivity contribution in [1.82, 2.24) is 0 Å². The molecule has 0 aliphatic rings. The molecular formula is C14H15Cl2CoP. The number of benzene rings is 2. The van der Waals surface area contributed by atoms with Crippen LogP contribution in [0.3, 0.4) is 0 Å². The number of hydrogen-bond acceptors (Lipinski definition) is 0. The first-order chi connectivity index (χ1) is 7.42. The Morgan fingerprint density at radius 3 is 1.33 bits per heavy atom. The average Bonchev–Trinajstić information content (AvgIpc) is 2.33. The Morgan fingerprint density at radius 1 is 0.722 bits per heavy atom. The van der Waals surface area contributed by atoms with Gasteiger partial charge in [0.25, 0.3) is 0 Å². The minimum Gasteiger partial charge on any atom is -1.00 e. The van der Waals surface area contributed by atoms with Crippen molar-refractivity contribution < 1.29 is 41.6 Å². The van der Waals surface area contributed by atoms with Gasteiger partial charge in [-0.05, 0) is 24.7 Å². The monoisotopic (exact) mass is 343 g/mol. The summed E-state index contributed by atoms with van der Waals surface area (Å²) in [5.41, 5.74) is 0. The van der Waals surface area contributed by atoms with Gasteiger partial charge in [0.2, 0.25) is 0 Å². The van der Waals surface area contributed by atoms with Crippen LogP contribution in [0.5, 0.6) is 0 Å². The Kier molecular flexibility index (Phi) is 12.2. The molecule has 1 radical (unpaired) electrons. The van der Waals surface area contributed by atoms with Crippen molar-refractivity contribution in [1.29, 1.82) is 0 Å². The van der Waals surface area contributed by atoms with E-state index in [0.29, 0.717) is 0 Å². The minimum atomic E-state index is -0.149. The van der Waals surface area contributed by atoms with Crippen LogP contribution in [0.1, 0.15) is 6.92 Å². The molecule has 0 aliphatic heterocycles. The summed E-state index contributed by atoms with van der Waals surface area (Å²) in [6.07, 6.45) is 1.21. The van der Waals surface area contributed by atoms with E-state index in [0.717, 1.165) is 0 Å². The Morgan fingerprint density at radius 2 is 1.06 bits per heavy atom. The largest absolute Gasteiger partial charge is 2.00 e. The van der Waals surface area contributed by atoms with E-state index < -0.39 is 0 Å². The quantitative estimate of drug-likeness (QED) is 0.526. The molecule has 2 rings (SSSR count). The fourth-order valence-corrected chi connectivity index (χ4v) is 3.82. The molecule has 0 fully saturated rings. The van der Waals surface area contributed by atoms with Crippen molar-refractivity contribution in [2.24, 2.45) is 0 Å². The van der Waals surface area contributed by atoms with E-state index >= 15 is 0 Å². The zero-order valence-corrected chi connectivity index (χ0v) is 13.5. The fourth-order valence-electron chi connectivity index (χ4n) is 1.73. The molecule has 0 unspecified atom stereocenters. The van der Waals surface area contributed by atoms with Gasteiger partial charge in [0.05, 0.1) is 0 Å². The molecule has 0 atom stereocenters. The molecule has 0 amide bonds. The fraction of sp³-hybridized carbons (Fsp3) is 0.143. The van der Waals surface area contributed by atoms with Crippen LogP contribution < -0.4 is 35.4 Å². The summed E-state index contributed by atoms with van der Waals surface area (Å²) >= 11 is 0. The van der Waals surface area contributed by atoms with Crippen LogP contribution in [0.25, 0.3) is 0 Å². The van der Waals surface area contributed by atoms with E-state index in [1.165, 1.54) is 16.8 Å². The van der Waals surface area contributed by atoms with Crippen LogP contribution in [-0.4, -0.2) is 6.16 Å². The molecule has 0 saturated heterocycles. The van der Waals surface area contributed by atoms with Crippen LogP contribution in [0, 0.1) is 0 Å². The van der Waals surface area contributed by atoms with E-state index in [1.807, 2.05) is 0 Å². The summed E-state index contributed by atoms with van der Waals surface area (Å²) in [5, 5.41) is 2.95. The van der Waals surface area contributed by atoms with Gasteiger partial charge in [-0.2, -0.15) is 0 Å². The van der Waals surface area contributed by atoms with Crippen LogP contribution in [0.15, 0.2) is 60.7 Å². The van der Waals surface area contributed by atoms with Gasteiger partial charge < -0.3 is 24.8 Å². The molecule has 0 spiro atoms. The van der Waals surface area contributed by atoms with Crippen LogP contribution in [0.2, 0.25) is 0 Å². The normalized spacial score (nSPS) is 8.78. The summed E-state index contributed by atoms with van der Waals surface area (Å²) in [4.78, 5) is 0. The third-order valence-corrected chi connectivity index (χ3v) is 4.93. The van der Waals surface area contributed by atoms with Gasteiger partial charge in [-0.15, -0.1) is 0 Å². The van der Waals surface area contributed by atoms with Crippen molar-refractivity contribution in [3.63, 3.8) is 0 Å². The maximum absolute atomic E-state index is 2.27. The Bertz CT molecular complexity index is 369. The number of hydrogen-bond donors (Lipinski definition) is 0. The molecule has 0 saturated carbocycles. The Balaban J connectivity index is 0. The molecule has 0 bridgehead atoms. The number of halogens is 2. The van der Waals surface area contributed by atoms with Crippen molar-refractivity contribution in [3.05, 3.63) is 60.7 Å². The summed E-state index contributed by atoms with van der Waals surface area (Å²) in [7, 11) is -0.149. The third kappa shape index (κ3) is 5.30. The van der Waals surface area contributed by atoms with Crippen molar-refractivity contribution >= 4 is 18.5 Å². The molecule has 0 N–H and O–H groups in total. The molecule has 0 heterocycles. The molecule has 4 heteroatoms. The van der Waals surface area contributed by atoms with Crippen molar-refractivity contribution in [3.8, 4) is 0 Å². The first kappa shape index (κ1) is 20.3. The molecule has 0 nitrogen and oxygen atoms in total. The maximum atomic E-state index is 2.27.